The fraction of sp³-hybridized carbons (Fsp3) is 0.606. The van der Waals surface area contributed by atoms with Gasteiger partial charge in [0, 0.05) is 26.1 Å². The molecule has 0 aliphatic carbocycles. The van der Waals surface area contributed by atoms with Crippen LogP contribution in [0.3, 0.4) is 0 Å². The van der Waals surface area contributed by atoms with E-state index in [0.29, 0.717) is 77.5 Å². The first-order chi connectivity index (χ1) is 23.9. The number of rotatable bonds is 19. The number of nitrogens with zero attached hydrogens (tertiary/aromatic N) is 3. The first-order valence-electron chi connectivity index (χ1n) is 17.2. The van der Waals surface area contributed by atoms with Gasteiger partial charge in [-0.05, 0) is 69.9 Å². The van der Waals surface area contributed by atoms with Crippen LogP contribution in [0.15, 0.2) is 35.3 Å². The van der Waals surface area contributed by atoms with Crippen molar-refractivity contribution in [3.63, 3.8) is 0 Å². The Hall–Kier alpha value is -4.77. The summed E-state index contributed by atoms with van der Waals surface area (Å²) in [5.74, 6) is -3.81. The number of nitrogens with one attached hydrogen (secondary N) is 3. The van der Waals surface area contributed by atoms with Crippen molar-refractivity contribution in [2.24, 2.45) is 27.9 Å². The second-order valence-electron chi connectivity index (χ2n) is 12.6. The van der Waals surface area contributed by atoms with Crippen LogP contribution < -0.4 is 38.9 Å². The molecular formula is C33H52N10O7. The van der Waals surface area contributed by atoms with E-state index < -0.39 is 60.4 Å². The number of nitrogens with two attached hydrogens (primary N) is 4. The van der Waals surface area contributed by atoms with Crippen LogP contribution in [0, 0.1) is 0 Å². The lowest BCUT2D eigenvalue weighted by atomic mass is 10.0. The van der Waals surface area contributed by atoms with E-state index >= 15 is 0 Å². The summed E-state index contributed by atoms with van der Waals surface area (Å²) in [6.07, 6.45) is 4.20. The van der Waals surface area contributed by atoms with Crippen LogP contribution in [0.4, 0.5) is 0 Å². The Kier molecular flexibility index (Phi) is 15.9. The average Bonchev–Trinajstić information content (AvgIpc) is 3.79. The molecule has 17 heteroatoms. The number of carbonyl (C=O) groups excluding carboxylic acids is 5. The van der Waals surface area contributed by atoms with Crippen LogP contribution in [0.25, 0.3) is 0 Å². The van der Waals surface area contributed by atoms with E-state index in [0.717, 1.165) is 5.56 Å². The summed E-state index contributed by atoms with van der Waals surface area (Å²) in [5, 5.41) is 17.3. The highest BCUT2D eigenvalue weighted by Gasteiger charge is 2.43. The van der Waals surface area contributed by atoms with Crippen molar-refractivity contribution in [1.82, 2.24) is 25.8 Å². The number of likely N-dealkylation sites (tertiary alicyclic amines) is 2. The topological polar surface area (TPSA) is 282 Å². The molecule has 0 unspecified atom stereocenters. The molecule has 2 aliphatic rings. The van der Waals surface area contributed by atoms with Crippen molar-refractivity contribution in [3.8, 4) is 0 Å². The van der Waals surface area contributed by atoms with Crippen molar-refractivity contribution in [1.29, 1.82) is 0 Å². The van der Waals surface area contributed by atoms with E-state index in [2.05, 4.69) is 20.9 Å². The van der Waals surface area contributed by atoms with Crippen LogP contribution in [0.2, 0.25) is 0 Å². The molecule has 2 fully saturated rings. The Balaban J connectivity index is 1.59. The molecule has 2 aliphatic heterocycles. The van der Waals surface area contributed by atoms with Gasteiger partial charge >= 0.3 is 5.97 Å². The van der Waals surface area contributed by atoms with Crippen molar-refractivity contribution in [2.45, 2.75) is 94.4 Å². The fourth-order valence-corrected chi connectivity index (χ4v) is 6.25. The Labute approximate surface area is 291 Å². The number of aliphatic carboxylic acids is 1. The zero-order chi connectivity index (χ0) is 36.6. The molecule has 0 spiro atoms. The third-order valence-corrected chi connectivity index (χ3v) is 8.86. The summed E-state index contributed by atoms with van der Waals surface area (Å²) in [4.78, 5) is 85.0. The number of guanidine groups is 1. The summed E-state index contributed by atoms with van der Waals surface area (Å²) >= 11 is 0. The zero-order valence-corrected chi connectivity index (χ0v) is 28.4. The highest BCUT2D eigenvalue weighted by Crippen LogP contribution is 2.26. The number of hydrogen-bond acceptors (Lipinski definition) is 9. The minimum Gasteiger partial charge on any atom is -0.480 e. The predicted octanol–water partition coefficient (Wildman–Crippen LogP) is -2.11. The number of aliphatic imine (C=N–C) groups is 1. The van der Waals surface area contributed by atoms with Crippen molar-refractivity contribution in [2.75, 3.05) is 32.7 Å². The van der Waals surface area contributed by atoms with Gasteiger partial charge in [-0.3, -0.25) is 29.0 Å². The van der Waals surface area contributed by atoms with Gasteiger partial charge in [0.25, 0.3) is 0 Å². The van der Waals surface area contributed by atoms with Gasteiger partial charge in [0.1, 0.15) is 24.2 Å². The van der Waals surface area contributed by atoms with Gasteiger partial charge in [0.15, 0.2) is 5.96 Å². The highest BCUT2D eigenvalue weighted by molar-refractivity contribution is 5.96. The maximum Gasteiger partial charge on any atom is 0.326 e. The Morgan fingerprint density at radius 2 is 1.56 bits per heavy atom. The number of benzene rings is 1. The minimum atomic E-state index is -1.20. The lowest BCUT2D eigenvalue weighted by Crippen LogP contribution is -2.56. The van der Waals surface area contributed by atoms with Crippen LogP contribution >= 0.6 is 0 Å². The van der Waals surface area contributed by atoms with E-state index in [4.69, 9.17) is 22.9 Å². The number of amides is 5. The molecule has 1 aromatic rings. The summed E-state index contributed by atoms with van der Waals surface area (Å²) in [5.41, 5.74) is 23.1. The second kappa shape index (κ2) is 20.0. The SMILES string of the molecule is NCCCC[C@H](NC(=O)[C@H](Cc1ccccc1)NC(=O)CNC(=O)[C@@H]1CCCN1C(=O)[C@@H]1CCCN1C(=O)[C@@H](N)CCCN=C(N)N)C(=O)O. The lowest BCUT2D eigenvalue weighted by molar-refractivity contribution is -0.147. The largest absolute Gasteiger partial charge is 0.480 e. The van der Waals surface area contributed by atoms with Gasteiger partial charge < -0.3 is 53.8 Å². The van der Waals surface area contributed by atoms with E-state index in [9.17, 15) is 33.9 Å². The van der Waals surface area contributed by atoms with Crippen LogP contribution in [0.5, 0.6) is 0 Å². The normalized spacial score (nSPS) is 18.8. The predicted molar refractivity (Wildman–Crippen MR) is 185 cm³/mol. The van der Waals surface area contributed by atoms with Gasteiger partial charge in [-0.25, -0.2) is 4.79 Å². The van der Waals surface area contributed by atoms with Crippen LogP contribution in [0.1, 0.15) is 63.4 Å². The summed E-state index contributed by atoms with van der Waals surface area (Å²) in [6, 6.07) is 4.22. The number of carbonyl (C=O) groups is 6. The molecule has 17 nitrogen and oxygen atoms in total. The van der Waals surface area contributed by atoms with E-state index in [1.807, 2.05) is 0 Å². The summed E-state index contributed by atoms with van der Waals surface area (Å²) in [7, 11) is 0. The van der Waals surface area contributed by atoms with Gasteiger partial charge in [-0.2, -0.15) is 0 Å². The smallest absolute Gasteiger partial charge is 0.326 e. The summed E-state index contributed by atoms with van der Waals surface area (Å²) in [6.45, 7) is 0.942. The maximum atomic E-state index is 13.7. The molecule has 5 amide bonds. The van der Waals surface area contributed by atoms with E-state index in [1.165, 1.54) is 9.80 Å². The molecule has 12 N–H and O–H groups in total. The molecule has 1 aromatic carbocycles. The molecule has 0 bridgehead atoms. The molecule has 2 heterocycles. The quantitative estimate of drug-likeness (QED) is 0.0439. The Bertz CT molecular complexity index is 1360. The third-order valence-electron chi connectivity index (χ3n) is 8.86. The third kappa shape index (κ3) is 12.0. The first kappa shape index (κ1) is 39.7. The second-order valence-corrected chi connectivity index (χ2v) is 12.6. The highest BCUT2D eigenvalue weighted by atomic mass is 16.4. The van der Waals surface area contributed by atoms with E-state index in [-0.39, 0.29) is 30.6 Å². The first-order valence-corrected chi connectivity index (χ1v) is 17.2. The molecule has 0 radical (unpaired) electrons. The number of unbranched alkanes of at least 4 members (excludes halogenated alkanes) is 1. The van der Waals surface area contributed by atoms with Crippen molar-refractivity contribution in [3.05, 3.63) is 35.9 Å². The van der Waals surface area contributed by atoms with E-state index in [1.54, 1.807) is 30.3 Å². The zero-order valence-electron chi connectivity index (χ0n) is 28.4. The monoisotopic (exact) mass is 700 g/mol. The molecule has 0 saturated carbocycles. The van der Waals surface area contributed by atoms with Crippen molar-refractivity contribution >= 4 is 41.5 Å². The standard InChI is InChI=1S/C33H52N10O7/c34-15-5-4-12-23(32(49)50)41-28(45)24(19-21-9-2-1-3-10-21)40-27(44)20-39-29(46)25-13-7-17-42(25)31(48)26-14-8-18-43(26)30(47)22(35)11-6-16-38-33(36)37/h1-3,9-10,22-26H,4-8,11-20,34-35H2,(H,39,46)(H,40,44)(H,41,45)(H,49,50)(H4,36,37,38)/t22-,23-,24-,25-,26-/m0/s1. The van der Waals surface area contributed by atoms with Gasteiger partial charge in [0.2, 0.25) is 29.5 Å². The number of carboxylic acids is 1. The Morgan fingerprint density at radius 1 is 0.880 bits per heavy atom. The van der Waals surface area contributed by atoms with Crippen LogP contribution in [-0.2, 0) is 35.2 Å². The summed E-state index contributed by atoms with van der Waals surface area (Å²) < 4.78 is 0. The van der Waals surface area contributed by atoms with Crippen molar-refractivity contribution < 1.29 is 33.9 Å². The maximum absolute atomic E-state index is 13.7. The number of carboxylic acid groups (broad SMARTS) is 1. The fourth-order valence-electron chi connectivity index (χ4n) is 6.25. The average molecular weight is 701 g/mol. The minimum absolute atomic E-state index is 0.0458. The molecule has 5 atom stereocenters. The molecule has 0 aromatic heterocycles. The van der Waals surface area contributed by atoms with Gasteiger partial charge in [-0.15, -0.1) is 0 Å². The number of hydrogen-bond donors (Lipinski definition) is 8. The van der Waals surface area contributed by atoms with Gasteiger partial charge in [-0.1, -0.05) is 30.3 Å². The molecular weight excluding hydrogens is 648 g/mol. The lowest BCUT2D eigenvalue weighted by Gasteiger charge is -2.32. The molecule has 276 valence electrons. The van der Waals surface area contributed by atoms with Gasteiger partial charge in [0.05, 0.1) is 12.6 Å². The molecule has 50 heavy (non-hydrogen) atoms. The molecule has 2 saturated heterocycles. The van der Waals surface area contributed by atoms with Crippen LogP contribution in [-0.4, -0.2) is 119 Å². The molecule has 3 rings (SSSR count). The Morgan fingerprint density at radius 3 is 2.22 bits per heavy atom.